The van der Waals surface area contributed by atoms with Gasteiger partial charge in [-0.25, -0.2) is 0 Å². The van der Waals surface area contributed by atoms with Crippen LogP contribution in [0.5, 0.6) is 0 Å². The molecule has 106 valence electrons. The molecule has 1 aliphatic carbocycles. The van der Waals surface area contributed by atoms with Crippen LogP contribution in [0, 0.1) is 5.92 Å². The first kappa shape index (κ1) is 14.5. The predicted octanol–water partition coefficient (Wildman–Crippen LogP) is 3.63. The first-order valence-corrected chi connectivity index (χ1v) is 7.57. The monoisotopic (exact) mass is 261 g/mol. The van der Waals surface area contributed by atoms with Gasteiger partial charge in [0.1, 0.15) is 0 Å². The number of rotatable bonds is 6. The minimum Gasteiger partial charge on any atom is -0.381 e. The van der Waals surface area contributed by atoms with Crippen molar-refractivity contribution in [2.45, 2.75) is 51.5 Å². The van der Waals surface area contributed by atoms with E-state index in [2.05, 4.69) is 38.1 Å². The molecule has 2 rings (SSSR count). The van der Waals surface area contributed by atoms with E-state index in [0.29, 0.717) is 5.92 Å². The van der Waals surface area contributed by atoms with Crippen molar-refractivity contribution < 1.29 is 4.74 Å². The van der Waals surface area contributed by atoms with Gasteiger partial charge in [-0.3, -0.25) is 0 Å². The summed E-state index contributed by atoms with van der Waals surface area (Å²) >= 11 is 0. The Morgan fingerprint density at radius 3 is 2.84 bits per heavy atom. The van der Waals surface area contributed by atoms with Gasteiger partial charge in [-0.2, -0.15) is 0 Å². The van der Waals surface area contributed by atoms with Crippen LogP contribution in [0.3, 0.4) is 0 Å². The van der Waals surface area contributed by atoms with E-state index in [1.807, 2.05) is 0 Å². The first-order valence-electron chi connectivity index (χ1n) is 7.57. The number of nitrogens with two attached hydrogens (primary N) is 1. The molecule has 0 aromatic heterocycles. The van der Waals surface area contributed by atoms with Crippen molar-refractivity contribution in [2.24, 2.45) is 11.7 Å². The summed E-state index contributed by atoms with van der Waals surface area (Å²) in [5.41, 5.74) is 9.23. The van der Waals surface area contributed by atoms with E-state index in [0.717, 1.165) is 32.5 Å². The molecule has 0 bridgehead atoms. The minimum absolute atomic E-state index is 0.174. The number of hydrogen-bond donors (Lipinski definition) is 1. The third kappa shape index (κ3) is 3.80. The van der Waals surface area contributed by atoms with Crippen molar-refractivity contribution in [3.63, 3.8) is 0 Å². The van der Waals surface area contributed by atoms with Gasteiger partial charge in [0, 0.05) is 18.8 Å². The highest BCUT2D eigenvalue weighted by atomic mass is 16.5. The van der Waals surface area contributed by atoms with Crippen molar-refractivity contribution >= 4 is 0 Å². The summed E-state index contributed by atoms with van der Waals surface area (Å²) in [5, 5.41) is 0. The minimum atomic E-state index is -0.174. The molecule has 2 nitrogen and oxygen atoms in total. The van der Waals surface area contributed by atoms with Crippen molar-refractivity contribution in [2.75, 3.05) is 13.2 Å². The van der Waals surface area contributed by atoms with E-state index in [1.165, 1.54) is 24.0 Å². The van der Waals surface area contributed by atoms with Crippen molar-refractivity contribution in [3.8, 4) is 0 Å². The highest BCUT2D eigenvalue weighted by Crippen LogP contribution is 2.35. The van der Waals surface area contributed by atoms with Gasteiger partial charge < -0.3 is 10.5 Å². The standard InChI is InChI=1S/C17H27NO/c1-14(2)9-12-19-13-11-17(18)10-5-7-15-6-3-4-8-16(15)17/h3-4,6,8,14H,5,7,9-13,18H2,1-2H3. The molecule has 0 aliphatic heterocycles. The maximum atomic E-state index is 6.63. The summed E-state index contributed by atoms with van der Waals surface area (Å²) in [7, 11) is 0. The molecule has 0 saturated carbocycles. The molecule has 1 aromatic carbocycles. The van der Waals surface area contributed by atoms with Gasteiger partial charge >= 0.3 is 0 Å². The van der Waals surface area contributed by atoms with Crippen LogP contribution in [0.4, 0.5) is 0 Å². The topological polar surface area (TPSA) is 35.2 Å². The Kier molecular flexibility index (Phi) is 5.00. The lowest BCUT2D eigenvalue weighted by Gasteiger charge is -2.36. The van der Waals surface area contributed by atoms with Crippen molar-refractivity contribution in [1.29, 1.82) is 0 Å². The molecule has 0 spiro atoms. The summed E-state index contributed by atoms with van der Waals surface area (Å²) in [4.78, 5) is 0. The molecule has 0 radical (unpaired) electrons. The quantitative estimate of drug-likeness (QED) is 0.794. The Labute approximate surface area is 117 Å². The van der Waals surface area contributed by atoms with Gasteiger partial charge in [-0.15, -0.1) is 0 Å². The van der Waals surface area contributed by atoms with E-state index in [1.54, 1.807) is 0 Å². The molecule has 2 N–H and O–H groups in total. The Morgan fingerprint density at radius 2 is 2.05 bits per heavy atom. The molecule has 1 unspecified atom stereocenters. The lowest BCUT2D eigenvalue weighted by molar-refractivity contribution is 0.101. The summed E-state index contributed by atoms with van der Waals surface area (Å²) in [5.74, 6) is 0.710. The average molecular weight is 261 g/mol. The fraction of sp³-hybridized carbons (Fsp3) is 0.647. The number of fused-ring (bicyclic) bond motifs is 1. The summed E-state index contributed by atoms with van der Waals surface area (Å²) in [6.07, 6.45) is 5.51. The maximum Gasteiger partial charge on any atom is 0.0486 e. The summed E-state index contributed by atoms with van der Waals surface area (Å²) < 4.78 is 5.75. The summed E-state index contributed by atoms with van der Waals surface area (Å²) in [6, 6.07) is 8.63. The number of ether oxygens (including phenoxy) is 1. The van der Waals surface area contributed by atoms with Crippen LogP contribution in [0.2, 0.25) is 0 Å². The van der Waals surface area contributed by atoms with E-state index >= 15 is 0 Å². The van der Waals surface area contributed by atoms with E-state index in [-0.39, 0.29) is 5.54 Å². The third-order valence-corrected chi connectivity index (χ3v) is 4.15. The SMILES string of the molecule is CC(C)CCOCCC1(N)CCCc2ccccc21. The lowest BCUT2D eigenvalue weighted by Crippen LogP contribution is -2.41. The molecular formula is C17H27NO. The van der Waals surface area contributed by atoms with Crippen LogP contribution in [0.25, 0.3) is 0 Å². The van der Waals surface area contributed by atoms with Gasteiger partial charge in [0.2, 0.25) is 0 Å². The maximum absolute atomic E-state index is 6.63. The van der Waals surface area contributed by atoms with Crippen LogP contribution >= 0.6 is 0 Å². The molecule has 0 amide bonds. The Balaban J connectivity index is 1.89. The van der Waals surface area contributed by atoms with Crippen LogP contribution in [0.15, 0.2) is 24.3 Å². The van der Waals surface area contributed by atoms with Gasteiger partial charge in [-0.05, 0) is 49.1 Å². The predicted molar refractivity (Wildman–Crippen MR) is 80.1 cm³/mol. The normalized spacial score (nSPS) is 22.5. The Hall–Kier alpha value is -0.860. The van der Waals surface area contributed by atoms with Gasteiger partial charge in [0.15, 0.2) is 0 Å². The highest BCUT2D eigenvalue weighted by molar-refractivity contribution is 5.35. The molecule has 19 heavy (non-hydrogen) atoms. The molecule has 1 aromatic rings. The number of hydrogen-bond acceptors (Lipinski definition) is 2. The van der Waals surface area contributed by atoms with Crippen LogP contribution in [0.1, 0.15) is 50.7 Å². The zero-order valence-electron chi connectivity index (χ0n) is 12.3. The third-order valence-electron chi connectivity index (χ3n) is 4.15. The fourth-order valence-electron chi connectivity index (χ4n) is 2.89. The molecule has 1 aliphatic rings. The second-order valence-corrected chi connectivity index (χ2v) is 6.21. The van der Waals surface area contributed by atoms with E-state index < -0.39 is 0 Å². The molecule has 0 fully saturated rings. The molecular weight excluding hydrogens is 234 g/mol. The first-order chi connectivity index (χ1) is 9.12. The fourth-order valence-corrected chi connectivity index (χ4v) is 2.89. The van der Waals surface area contributed by atoms with Gasteiger partial charge in [0.05, 0.1) is 0 Å². The second-order valence-electron chi connectivity index (χ2n) is 6.21. The summed E-state index contributed by atoms with van der Waals surface area (Å²) in [6.45, 7) is 6.09. The molecule has 1 atom stereocenters. The van der Waals surface area contributed by atoms with Crippen molar-refractivity contribution in [3.05, 3.63) is 35.4 Å². The van der Waals surface area contributed by atoms with Gasteiger partial charge in [0.25, 0.3) is 0 Å². The van der Waals surface area contributed by atoms with E-state index in [4.69, 9.17) is 10.5 Å². The van der Waals surface area contributed by atoms with Crippen LogP contribution in [-0.4, -0.2) is 13.2 Å². The molecule has 2 heteroatoms. The Bertz CT molecular complexity index is 402. The smallest absolute Gasteiger partial charge is 0.0486 e. The average Bonchev–Trinajstić information content (AvgIpc) is 2.38. The molecule has 0 saturated heterocycles. The largest absolute Gasteiger partial charge is 0.381 e. The zero-order valence-corrected chi connectivity index (χ0v) is 12.3. The Morgan fingerprint density at radius 1 is 1.26 bits per heavy atom. The number of aryl methyl sites for hydroxylation is 1. The highest BCUT2D eigenvalue weighted by Gasteiger charge is 2.31. The lowest BCUT2D eigenvalue weighted by atomic mass is 9.75. The van der Waals surface area contributed by atoms with Gasteiger partial charge in [-0.1, -0.05) is 38.1 Å². The van der Waals surface area contributed by atoms with Crippen molar-refractivity contribution in [1.82, 2.24) is 0 Å². The van der Waals surface area contributed by atoms with Crippen LogP contribution in [-0.2, 0) is 16.7 Å². The zero-order chi connectivity index (χ0) is 13.7. The second kappa shape index (κ2) is 6.53. The van der Waals surface area contributed by atoms with E-state index in [9.17, 15) is 0 Å². The molecule has 0 heterocycles. The van der Waals surface area contributed by atoms with Crippen LogP contribution < -0.4 is 5.73 Å². The number of benzene rings is 1.